The quantitative estimate of drug-likeness (QED) is 0.797. The Hall–Kier alpha value is -1.46. The highest BCUT2D eigenvalue weighted by molar-refractivity contribution is 7.18. The lowest BCUT2D eigenvalue weighted by atomic mass is 9.97. The molecule has 2 saturated heterocycles. The number of thiazole rings is 1. The van der Waals surface area contributed by atoms with E-state index in [0.29, 0.717) is 12.5 Å². The number of para-hydroxylation sites is 1. The number of ether oxygens (including phenoxy) is 1. The second kappa shape index (κ2) is 4.82. The largest absolute Gasteiger partial charge is 0.363 e. The lowest BCUT2D eigenvalue weighted by molar-refractivity contribution is -0.133. The van der Waals surface area contributed by atoms with Gasteiger partial charge in [0.2, 0.25) is 0 Å². The minimum Gasteiger partial charge on any atom is -0.363 e. The number of benzene rings is 1. The Balaban J connectivity index is 1.46. The molecule has 1 atom stereocenters. The number of carbonyl (C=O) groups is 1. The highest BCUT2D eigenvalue weighted by atomic mass is 32.1. The van der Waals surface area contributed by atoms with Crippen molar-refractivity contribution < 1.29 is 9.53 Å². The number of nitrogens with zero attached hydrogens (tertiary/aromatic N) is 2. The van der Waals surface area contributed by atoms with Crippen LogP contribution in [-0.2, 0) is 9.53 Å². The molecule has 0 spiro atoms. The van der Waals surface area contributed by atoms with Gasteiger partial charge >= 0.3 is 0 Å². The molecule has 0 aliphatic carbocycles. The summed E-state index contributed by atoms with van der Waals surface area (Å²) in [6.45, 7) is 2.27. The maximum atomic E-state index is 11.9. The van der Waals surface area contributed by atoms with Crippen LogP contribution in [0.1, 0.15) is 23.8 Å². The molecule has 20 heavy (non-hydrogen) atoms. The fraction of sp³-hybridized carbons (Fsp3) is 0.467. The summed E-state index contributed by atoms with van der Waals surface area (Å²) in [4.78, 5) is 18.6. The Morgan fingerprint density at radius 1 is 1.30 bits per heavy atom. The number of hydrogen-bond donors (Lipinski definition) is 0. The average molecular weight is 288 g/mol. The third-order valence-electron chi connectivity index (χ3n) is 4.08. The Morgan fingerprint density at radius 2 is 2.05 bits per heavy atom. The monoisotopic (exact) mass is 288 g/mol. The molecular weight excluding hydrogens is 272 g/mol. The van der Waals surface area contributed by atoms with E-state index in [9.17, 15) is 4.79 Å². The summed E-state index contributed by atoms with van der Waals surface area (Å²) in [5.41, 5.74) is 1.09. The first-order chi connectivity index (χ1) is 9.81. The first-order valence-corrected chi connectivity index (χ1v) is 7.89. The van der Waals surface area contributed by atoms with Crippen molar-refractivity contribution in [2.45, 2.75) is 24.9 Å². The molecule has 4 nitrogen and oxygen atoms in total. The minimum absolute atomic E-state index is 0.144. The third-order valence-corrected chi connectivity index (χ3v) is 5.27. The molecule has 5 heteroatoms. The zero-order valence-electron chi connectivity index (χ0n) is 11.1. The molecule has 3 heterocycles. The van der Waals surface area contributed by atoms with Crippen LogP contribution in [0.4, 0.5) is 0 Å². The van der Waals surface area contributed by atoms with Gasteiger partial charge in [0.05, 0.1) is 21.8 Å². The zero-order chi connectivity index (χ0) is 13.5. The number of carbonyl (C=O) groups excluding carboxylic acids is 1. The van der Waals surface area contributed by atoms with Crippen LogP contribution in [0.3, 0.4) is 0 Å². The molecule has 1 unspecified atom stereocenters. The van der Waals surface area contributed by atoms with E-state index >= 15 is 0 Å². The third kappa shape index (κ3) is 2.21. The van der Waals surface area contributed by atoms with Crippen molar-refractivity contribution in [3.05, 3.63) is 29.3 Å². The van der Waals surface area contributed by atoms with Crippen molar-refractivity contribution in [1.29, 1.82) is 0 Å². The lowest BCUT2D eigenvalue weighted by Gasteiger charge is -2.30. The van der Waals surface area contributed by atoms with E-state index in [4.69, 9.17) is 9.72 Å². The fourth-order valence-corrected chi connectivity index (χ4v) is 3.94. The number of piperidine rings is 1. The molecule has 2 aromatic rings. The van der Waals surface area contributed by atoms with Crippen LogP contribution in [0.2, 0.25) is 0 Å². The van der Waals surface area contributed by atoms with Gasteiger partial charge in [-0.05, 0) is 25.0 Å². The number of epoxide rings is 1. The molecule has 0 N–H and O–H groups in total. The molecule has 1 amide bonds. The summed E-state index contributed by atoms with van der Waals surface area (Å²) < 4.78 is 6.33. The van der Waals surface area contributed by atoms with Crippen molar-refractivity contribution in [1.82, 2.24) is 9.88 Å². The van der Waals surface area contributed by atoms with E-state index < -0.39 is 0 Å². The number of rotatable bonds is 2. The van der Waals surface area contributed by atoms with Gasteiger partial charge in [-0.25, -0.2) is 4.98 Å². The van der Waals surface area contributed by atoms with Gasteiger partial charge in [-0.15, -0.1) is 11.3 Å². The lowest BCUT2D eigenvalue weighted by Crippen LogP contribution is -2.40. The number of likely N-dealkylation sites (tertiary alicyclic amines) is 1. The molecule has 104 valence electrons. The van der Waals surface area contributed by atoms with Crippen molar-refractivity contribution >= 4 is 27.5 Å². The van der Waals surface area contributed by atoms with Gasteiger partial charge in [0.15, 0.2) is 6.10 Å². The van der Waals surface area contributed by atoms with Crippen LogP contribution in [0.15, 0.2) is 24.3 Å². The minimum atomic E-state index is -0.144. The van der Waals surface area contributed by atoms with Gasteiger partial charge in [0.1, 0.15) is 0 Å². The smallest absolute Gasteiger partial charge is 0.254 e. The van der Waals surface area contributed by atoms with Crippen LogP contribution < -0.4 is 0 Å². The van der Waals surface area contributed by atoms with Gasteiger partial charge in [-0.3, -0.25) is 4.79 Å². The summed E-state index contributed by atoms with van der Waals surface area (Å²) in [7, 11) is 0. The molecule has 4 rings (SSSR count). The molecule has 1 aromatic carbocycles. The number of amides is 1. The van der Waals surface area contributed by atoms with Gasteiger partial charge in [-0.1, -0.05) is 12.1 Å². The number of aromatic nitrogens is 1. The van der Waals surface area contributed by atoms with Crippen LogP contribution in [0, 0.1) is 0 Å². The maximum absolute atomic E-state index is 11.9. The summed E-state index contributed by atoms with van der Waals surface area (Å²) in [6, 6.07) is 8.28. The zero-order valence-corrected chi connectivity index (χ0v) is 11.9. The van der Waals surface area contributed by atoms with Gasteiger partial charge < -0.3 is 9.64 Å². The Morgan fingerprint density at radius 3 is 2.75 bits per heavy atom. The predicted octanol–water partition coefficient (Wildman–Crippen LogP) is 2.40. The van der Waals surface area contributed by atoms with Crippen LogP contribution >= 0.6 is 11.3 Å². The van der Waals surface area contributed by atoms with Crippen molar-refractivity contribution in [2.24, 2.45) is 0 Å². The van der Waals surface area contributed by atoms with E-state index in [2.05, 4.69) is 18.2 Å². The van der Waals surface area contributed by atoms with E-state index in [1.54, 1.807) is 11.3 Å². The molecule has 0 bridgehead atoms. The Labute approximate surface area is 121 Å². The maximum Gasteiger partial charge on any atom is 0.254 e. The van der Waals surface area contributed by atoms with Crippen molar-refractivity contribution in [3.8, 4) is 0 Å². The molecule has 2 aliphatic rings. The summed E-state index contributed by atoms with van der Waals surface area (Å²) in [5, 5.41) is 1.22. The Kier molecular flexibility index (Phi) is 2.97. The number of fused-ring (bicyclic) bond motifs is 1. The van der Waals surface area contributed by atoms with Crippen LogP contribution in [0.25, 0.3) is 10.2 Å². The van der Waals surface area contributed by atoms with E-state index in [1.807, 2.05) is 11.0 Å². The molecule has 2 aliphatic heterocycles. The van der Waals surface area contributed by atoms with E-state index in [-0.39, 0.29) is 12.0 Å². The Bertz CT molecular complexity index is 609. The van der Waals surface area contributed by atoms with E-state index in [1.165, 1.54) is 9.71 Å². The first kappa shape index (κ1) is 12.3. The fourth-order valence-electron chi connectivity index (χ4n) is 2.81. The molecular formula is C15H16N2O2S. The van der Waals surface area contributed by atoms with Crippen molar-refractivity contribution in [3.63, 3.8) is 0 Å². The standard InChI is InChI=1S/C15H16N2O2S/c18-15(12-9-19-12)17-7-5-10(6-8-17)14-16-11-3-1-2-4-13(11)20-14/h1-4,10,12H,5-9H2. The molecule has 2 fully saturated rings. The topological polar surface area (TPSA) is 45.7 Å². The first-order valence-electron chi connectivity index (χ1n) is 7.07. The summed E-state index contributed by atoms with van der Waals surface area (Å²) >= 11 is 1.79. The average Bonchev–Trinajstić information content (AvgIpc) is 3.25. The van der Waals surface area contributed by atoms with Crippen LogP contribution in [0.5, 0.6) is 0 Å². The summed E-state index contributed by atoms with van der Waals surface area (Å²) in [5.74, 6) is 0.671. The molecule has 1 aromatic heterocycles. The second-order valence-corrected chi connectivity index (χ2v) is 6.50. The highest BCUT2D eigenvalue weighted by Crippen LogP contribution is 2.34. The number of hydrogen-bond acceptors (Lipinski definition) is 4. The predicted molar refractivity (Wildman–Crippen MR) is 77.9 cm³/mol. The van der Waals surface area contributed by atoms with E-state index in [0.717, 1.165) is 31.4 Å². The molecule has 0 radical (unpaired) electrons. The van der Waals surface area contributed by atoms with Gasteiger partial charge in [-0.2, -0.15) is 0 Å². The van der Waals surface area contributed by atoms with Gasteiger partial charge in [0.25, 0.3) is 5.91 Å². The molecule has 0 saturated carbocycles. The second-order valence-electron chi connectivity index (χ2n) is 5.44. The van der Waals surface area contributed by atoms with Crippen molar-refractivity contribution in [2.75, 3.05) is 19.7 Å². The normalized spacial score (nSPS) is 23.2. The van der Waals surface area contributed by atoms with Gasteiger partial charge in [0, 0.05) is 19.0 Å². The summed E-state index contributed by atoms with van der Waals surface area (Å²) in [6.07, 6.45) is 1.88. The van der Waals surface area contributed by atoms with Crippen LogP contribution in [-0.4, -0.2) is 41.6 Å². The SMILES string of the molecule is O=C(C1CO1)N1CCC(c2nc3ccccc3s2)CC1. The highest BCUT2D eigenvalue weighted by Gasteiger charge is 2.36.